The molecule has 5 nitrogen and oxygen atoms in total. The molecule has 1 aliphatic heterocycles. The van der Waals surface area contributed by atoms with E-state index in [1.54, 1.807) is 4.90 Å². The number of carbonyl (C=O) groups excluding carboxylic acids is 1. The molecule has 1 saturated heterocycles. The molecule has 1 saturated carbocycles. The van der Waals surface area contributed by atoms with Gasteiger partial charge in [-0.15, -0.1) is 0 Å². The Kier molecular flexibility index (Phi) is 3.74. The molecule has 1 heterocycles. The van der Waals surface area contributed by atoms with E-state index in [1.807, 2.05) is 6.92 Å². The first-order valence-electron chi connectivity index (χ1n) is 7.08. The number of carboxylic acid groups (broad SMARTS) is 1. The molecule has 2 aliphatic rings. The molecule has 1 aliphatic carbocycles. The fourth-order valence-electron chi connectivity index (χ4n) is 3.07. The molecule has 0 aromatic carbocycles. The number of nitrogens with one attached hydrogen (secondary N) is 1. The average molecular weight is 268 g/mol. The first-order chi connectivity index (χ1) is 8.79. The normalized spacial score (nSPS) is 33.4. The van der Waals surface area contributed by atoms with Gasteiger partial charge in [-0.3, -0.25) is 4.79 Å². The van der Waals surface area contributed by atoms with Crippen LogP contribution in [-0.2, 0) is 4.79 Å². The van der Waals surface area contributed by atoms with Crippen molar-refractivity contribution in [1.82, 2.24) is 10.2 Å². The third-order valence-electron chi connectivity index (χ3n) is 4.61. The Bertz CT molecular complexity index is 381. The van der Waals surface area contributed by atoms with Crippen molar-refractivity contribution >= 4 is 12.0 Å². The molecular formula is C14H24N2O3. The molecule has 2 fully saturated rings. The molecule has 0 aromatic rings. The number of rotatable bonds is 2. The zero-order chi connectivity index (χ0) is 14.2. The van der Waals surface area contributed by atoms with E-state index < -0.39 is 11.9 Å². The lowest BCUT2D eigenvalue weighted by Gasteiger charge is -2.46. The van der Waals surface area contributed by atoms with Gasteiger partial charge >= 0.3 is 12.0 Å². The van der Waals surface area contributed by atoms with Gasteiger partial charge in [0.2, 0.25) is 0 Å². The predicted molar refractivity (Wildman–Crippen MR) is 71.8 cm³/mol. The van der Waals surface area contributed by atoms with Crippen molar-refractivity contribution in [3.05, 3.63) is 0 Å². The molecule has 2 N–H and O–H groups in total. The molecule has 19 heavy (non-hydrogen) atoms. The van der Waals surface area contributed by atoms with E-state index in [-0.39, 0.29) is 23.4 Å². The summed E-state index contributed by atoms with van der Waals surface area (Å²) >= 11 is 0. The fraction of sp³-hybridized carbons (Fsp3) is 0.857. The smallest absolute Gasteiger partial charge is 0.317 e. The van der Waals surface area contributed by atoms with E-state index in [0.29, 0.717) is 19.5 Å². The molecule has 3 unspecified atom stereocenters. The van der Waals surface area contributed by atoms with E-state index in [4.69, 9.17) is 5.11 Å². The number of aliphatic carboxylic acids is 1. The summed E-state index contributed by atoms with van der Waals surface area (Å²) < 4.78 is 0. The van der Waals surface area contributed by atoms with Gasteiger partial charge in [-0.25, -0.2) is 4.79 Å². The Morgan fingerprint density at radius 3 is 2.47 bits per heavy atom. The van der Waals surface area contributed by atoms with Gasteiger partial charge < -0.3 is 15.3 Å². The summed E-state index contributed by atoms with van der Waals surface area (Å²) in [5.74, 6) is -0.979. The molecule has 0 radical (unpaired) electrons. The molecular weight excluding hydrogens is 244 g/mol. The van der Waals surface area contributed by atoms with Gasteiger partial charge in [0.05, 0.1) is 5.92 Å². The topological polar surface area (TPSA) is 69.6 Å². The van der Waals surface area contributed by atoms with Crippen molar-refractivity contribution < 1.29 is 14.7 Å². The second kappa shape index (κ2) is 5.02. The molecule has 0 aromatic heterocycles. The van der Waals surface area contributed by atoms with Gasteiger partial charge in [-0.05, 0) is 30.6 Å². The molecule has 2 rings (SSSR count). The Labute approximate surface area is 114 Å². The molecule has 0 bridgehead atoms. The maximum atomic E-state index is 12.2. The van der Waals surface area contributed by atoms with Crippen molar-refractivity contribution in [1.29, 1.82) is 0 Å². The van der Waals surface area contributed by atoms with Crippen molar-refractivity contribution in [2.75, 3.05) is 13.1 Å². The summed E-state index contributed by atoms with van der Waals surface area (Å²) in [6, 6.07) is 0.121. The minimum atomic E-state index is -0.798. The number of piperidine rings is 1. The lowest BCUT2D eigenvalue weighted by molar-refractivity contribution is -0.143. The summed E-state index contributed by atoms with van der Waals surface area (Å²) in [6.07, 6.45) is 2.81. The van der Waals surface area contributed by atoms with E-state index in [1.165, 1.54) is 0 Å². The maximum Gasteiger partial charge on any atom is 0.317 e. The molecule has 5 heteroatoms. The zero-order valence-corrected chi connectivity index (χ0v) is 12.0. The van der Waals surface area contributed by atoms with Crippen molar-refractivity contribution in [2.24, 2.45) is 17.3 Å². The molecule has 0 spiro atoms. The summed E-state index contributed by atoms with van der Waals surface area (Å²) in [4.78, 5) is 25.0. The largest absolute Gasteiger partial charge is 0.481 e. The van der Waals surface area contributed by atoms with E-state index in [0.717, 1.165) is 12.8 Å². The van der Waals surface area contributed by atoms with E-state index in [9.17, 15) is 9.59 Å². The number of hydrogen-bond donors (Lipinski definition) is 2. The summed E-state index contributed by atoms with van der Waals surface area (Å²) in [5.41, 5.74) is 0.170. The highest BCUT2D eigenvalue weighted by atomic mass is 16.4. The summed E-state index contributed by atoms with van der Waals surface area (Å²) in [7, 11) is 0. The third kappa shape index (κ3) is 3.01. The summed E-state index contributed by atoms with van der Waals surface area (Å²) in [5, 5.41) is 12.2. The summed E-state index contributed by atoms with van der Waals surface area (Å²) in [6.45, 7) is 7.30. The standard InChI is InChI=1S/C14H24N2O3/c1-9-6-10(12(17)18)8-16(7-9)13(19)15-11-4-5-14(11,2)3/h9-11H,4-8H2,1-3H3,(H,15,19)(H,17,18). The number of hydrogen-bond acceptors (Lipinski definition) is 2. The Balaban J connectivity index is 1.93. The lowest BCUT2D eigenvalue weighted by Crippen LogP contribution is -2.57. The van der Waals surface area contributed by atoms with Crippen LogP contribution in [0, 0.1) is 17.3 Å². The van der Waals surface area contributed by atoms with Gasteiger partial charge in [0.1, 0.15) is 0 Å². The van der Waals surface area contributed by atoms with E-state index in [2.05, 4.69) is 19.2 Å². The van der Waals surface area contributed by atoms with Gasteiger partial charge in [-0.1, -0.05) is 20.8 Å². The van der Waals surface area contributed by atoms with Crippen molar-refractivity contribution in [3.8, 4) is 0 Å². The number of nitrogens with zero attached hydrogens (tertiary/aromatic N) is 1. The molecule has 3 atom stereocenters. The van der Waals surface area contributed by atoms with Gasteiger partial charge in [0.15, 0.2) is 0 Å². The Morgan fingerprint density at radius 1 is 1.32 bits per heavy atom. The van der Waals surface area contributed by atoms with Crippen LogP contribution in [0.4, 0.5) is 4.79 Å². The van der Waals surface area contributed by atoms with Crippen molar-refractivity contribution in [2.45, 2.75) is 46.1 Å². The van der Waals surface area contributed by atoms with Crippen LogP contribution >= 0.6 is 0 Å². The zero-order valence-electron chi connectivity index (χ0n) is 12.0. The van der Waals surface area contributed by atoms with Gasteiger partial charge in [0, 0.05) is 19.1 Å². The Hall–Kier alpha value is -1.26. The highest BCUT2D eigenvalue weighted by Gasteiger charge is 2.41. The number of urea groups is 1. The fourth-order valence-corrected chi connectivity index (χ4v) is 3.07. The second-order valence-corrected chi connectivity index (χ2v) is 6.81. The van der Waals surface area contributed by atoms with Crippen LogP contribution in [-0.4, -0.2) is 41.1 Å². The van der Waals surface area contributed by atoms with Gasteiger partial charge in [-0.2, -0.15) is 0 Å². The van der Waals surface area contributed by atoms with Crippen LogP contribution in [0.25, 0.3) is 0 Å². The van der Waals surface area contributed by atoms with Crippen LogP contribution < -0.4 is 5.32 Å². The second-order valence-electron chi connectivity index (χ2n) is 6.81. The van der Waals surface area contributed by atoms with Crippen LogP contribution in [0.2, 0.25) is 0 Å². The number of amides is 2. The SMILES string of the molecule is CC1CC(C(=O)O)CN(C(=O)NC2CCC2(C)C)C1. The number of likely N-dealkylation sites (tertiary alicyclic amines) is 1. The highest BCUT2D eigenvalue weighted by Crippen LogP contribution is 2.40. The number of carboxylic acids is 1. The van der Waals surface area contributed by atoms with E-state index >= 15 is 0 Å². The van der Waals surface area contributed by atoms with Crippen LogP contribution in [0.1, 0.15) is 40.0 Å². The first-order valence-corrected chi connectivity index (χ1v) is 7.08. The first kappa shape index (κ1) is 14.2. The predicted octanol–water partition coefficient (Wildman–Crippen LogP) is 1.93. The van der Waals surface area contributed by atoms with Gasteiger partial charge in [0.25, 0.3) is 0 Å². The minimum absolute atomic E-state index is 0.101. The highest BCUT2D eigenvalue weighted by molar-refractivity contribution is 5.77. The molecule has 2 amide bonds. The lowest BCUT2D eigenvalue weighted by atomic mass is 9.67. The van der Waals surface area contributed by atoms with Crippen molar-refractivity contribution in [3.63, 3.8) is 0 Å². The maximum absolute atomic E-state index is 12.2. The Morgan fingerprint density at radius 2 is 2.00 bits per heavy atom. The minimum Gasteiger partial charge on any atom is -0.481 e. The van der Waals surface area contributed by atoms with Crippen LogP contribution in [0.5, 0.6) is 0 Å². The quantitative estimate of drug-likeness (QED) is 0.804. The number of carbonyl (C=O) groups is 2. The third-order valence-corrected chi connectivity index (χ3v) is 4.61. The monoisotopic (exact) mass is 268 g/mol. The average Bonchev–Trinajstić information content (AvgIpc) is 2.33. The van der Waals surface area contributed by atoms with Crippen LogP contribution in [0.15, 0.2) is 0 Å². The van der Waals surface area contributed by atoms with Crippen LogP contribution in [0.3, 0.4) is 0 Å². The molecule has 108 valence electrons.